The molecule has 1 aliphatic rings. The first-order chi connectivity index (χ1) is 12.4. The van der Waals surface area contributed by atoms with Crippen molar-refractivity contribution in [1.82, 2.24) is 0 Å². The number of hydrogen-bond acceptors (Lipinski definition) is 4. The van der Waals surface area contributed by atoms with E-state index in [4.69, 9.17) is 20.9 Å². The number of sulfonamides is 1. The molecule has 0 unspecified atom stereocenters. The molecule has 0 radical (unpaired) electrons. The Labute approximate surface area is 164 Å². The van der Waals surface area contributed by atoms with Gasteiger partial charge in [0.2, 0.25) is 0 Å². The Morgan fingerprint density at radius 1 is 1.00 bits per heavy atom. The van der Waals surface area contributed by atoms with E-state index in [1.807, 2.05) is 27.7 Å². The van der Waals surface area contributed by atoms with E-state index >= 15 is 0 Å². The summed E-state index contributed by atoms with van der Waals surface area (Å²) in [5, 5.41) is 0.409. The third-order valence-corrected chi connectivity index (χ3v) is 6.52. The van der Waals surface area contributed by atoms with Crippen LogP contribution < -0.4 is 10.2 Å². The van der Waals surface area contributed by atoms with Gasteiger partial charge in [-0.2, -0.15) is 0 Å². The minimum absolute atomic E-state index is 0.0127. The summed E-state index contributed by atoms with van der Waals surface area (Å²) in [6.07, 6.45) is 0. The van der Waals surface area contributed by atoms with Gasteiger partial charge in [-0.05, 0) is 69.6 Å². The topological polar surface area (TPSA) is 64.6 Å². The second kappa shape index (κ2) is 6.77. The van der Waals surface area contributed by atoms with Crippen LogP contribution in [0.2, 0.25) is 5.02 Å². The predicted molar refractivity (Wildman–Crippen MR) is 104 cm³/mol. The third kappa shape index (κ3) is 3.99. The maximum atomic E-state index is 14.5. The number of hydrogen-bond donors (Lipinski definition) is 1. The summed E-state index contributed by atoms with van der Waals surface area (Å²) in [6.45, 7) is 7.60. The molecule has 0 amide bonds. The van der Waals surface area contributed by atoms with E-state index in [9.17, 15) is 12.8 Å². The van der Waals surface area contributed by atoms with Crippen molar-refractivity contribution >= 4 is 39.9 Å². The lowest BCUT2D eigenvalue weighted by Crippen LogP contribution is -2.41. The molecule has 1 saturated heterocycles. The Morgan fingerprint density at radius 2 is 1.56 bits per heavy atom. The molecule has 0 aliphatic carbocycles. The largest absolute Gasteiger partial charge is 0.494 e. The number of halogens is 2. The molecule has 1 fully saturated rings. The van der Waals surface area contributed by atoms with Crippen molar-refractivity contribution in [2.75, 3.05) is 4.72 Å². The Kier molecular flexibility index (Phi) is 5.05. The number of rotatable bonds is 4. The SMILES string of the molecule is CC1(C)OB(c2ccc(NS(=O)(=O)c3ccc(Cl)cc3)c(F)c2)OC1(C)C. The minimum Gasteiger partial charge on any atom is -0.399 e. The van der Waals surface area contributed by atoms with Gasteiger partial charge in [-0.1, -0.05) is 17.7 Å². The van der Waals surface area contributed by atoms with E-state index in [-0.39, 0.29) is 10.6 Å². The molecule has 0 atom stereocenters. The van der Waals surface area contributed by atoms with Gasteiger partial charge in [0.25, 0.3) is 10.0 Å². The van der Waals surface area contributed by atoms with E-state index in [0.717, 1.165) is 0 Å². The average Bonchev–Trinajstić information content (AvgIpc) is 2.77. The monoisotopic (exact) mass is 411 g/mol. The average molecular weight is 412 g/mol. The maximum Gasteiger partial charge on any atom is 0.494 e. The van der Waals surface area contributed by atoms with Crippen molar-refractivity contribution in [3.63, 3.8) is 0 Å². The fourth-order valence-corrected chi connectivity index (χ4v) is 3.75. The first-order valence-electron chi connectivity index (χ1n) is 8.35. The molecular formula is C18H20BClFNO4S. The highest BCUT2D eigenvalue weighted by Crippen LogP contribution is 2.36. The molecule has 9 heteroatoms. The van der Waals surface area contributed by atoms with Gasteiger partial charge in [0.05, 0.1) is 21.8 Å². The first kappa shape index (κ1) is 20.1. The summed E-state index contributed by atoms with van der Waals surface area (Å²) in [7, 11) is -4.66. The van der Waals surface area contributed by atoms with Crippen molar-refractivity contribution in [2.24, 2.45) is 0 Å². The van der Waals surface area contributed by atoms with Crippen LogP contribution in [0.5, 0.6) is 0 Å². The van der Waals surface area contributed by atoms with Crippen molar-refractivity contribution in [3.8, 4) is 0 Å². The Hall–Kier alpha value is -1.61. The van der Waals surface area contributed by atoms with Crippen molar-refractivity contribution < 1.29 is 22.1 Å². The van der Waals surface area contributed by atoms with E-state index < -0.39 is 34.2 Å². The van der Waals surface area contributed by atoms with Crippen LogP contribution in [0.15, 0.2) is 47.4 Å². The fraction of sp³-hybridized carbons (Fsp3) is 0.333. The van der Waals surface area contributed by atoms with E-state index in [1.165, 1.54) is 36.4 Å². The Balaban J connectivity index is 1.83. The van der Waals surface area contributed by atoms with E-state index in [1.54, 1.807) is 6.07 Å². The van der Waals surface area contributed by atoms with Crippen LogP contribution in [-0.4, -0.2) is 26.7 Å². The lowest BCUT2D eigenvalue weighted by molar-refractivity contribution is 0.00578. The molecule has 0 bridgehead atoms. The van der Waals surface area contributed by atoms with Crippen LogP contribution in [-0.2, 0) is 19.3 Å². The lowest BCUT2D eigenvalue weighted by Gasteiger charge is -2.32. The lowest BCUT2D eigenvalue weighted by atomic mass is 9.79. The number of nitrogens with one attached hydrogen (secondary N) is 1. The third-order valence-electron chi connectivity index (χ3n) is 4.89. The smallest absolute Gasteiger partial charge is 0.399 e. The Morgan fingerprint density at radius 3 is 2.07 bits per heavy atom. The van der Waals surface area contributed by atoms with Gasteiger partial charge in [0.15, 0.2) is 0 Å². The molecule has 1 heterocycles. The highest BCUT2D eigenvalue weighted by Gasteiger charge is 2.51. The van der Waals surface area contributed by atoms with Crippen LogP contribution in [0.4, 0.5) is 10.1 Å². The summed E-state index contributed by atoms with van der Waals surface area (Å²) in [5.41, 5.74) is -0.794. The van der Waals surface area contributed by atoms with Crippen LogP contribution >= 0.6 is 11.6 Å². The zero-order valence-electron chi connectivity index (χ0n) is 15.4. The second-order valence-corrected chi connectivity index (χ2v) is 9.51. The van der Waals surface area contributed by atoms with Gasteiger partial charge in [-0.25, -0.2) is 12.8 Å². The number of benzene rings is 2. The number of anilines is 1. The highest BCUT2D eigenvalue weighted by atomic mass is 35.5. The maximum absolute atomic E-state index is 14.5. The normalized spacial score (nSPS) is 18.5. The predicted octanol–water partition coefficient (Wildman–Crippen LogP) is 3.58. The minimum atomic E-state index is -3.93. The van der Waals surface area contributed by atoms with Gasteiger partial charge in [-0.3, -0.25) is 4.72 Å². The summed E-state index contributed by atoms with van der Waals surface area (Å²) in [6, 6.07) is 9.74. The standard InChI is InChI=1S/C18H20BClFNO4S/c1-17(2)18(3,4)26-19(25-17)12-5-10-16(15(21)11-12)22-27(23,24)14-8-6-13(20)7-9-14/h5-11,22H,1-4H3. The van der Waals surface area contributed by atoms with Gasteiger partial charge in [0.1, 0.15) is 5.82 Å². The van der Waals surface area contributed by atoms with Crippen LogP contribution in [0, 0.1) is 5.82 Å². The van der Waals surface area contributed by atoms with Gasteiger partial charge in [0, 0.05) is 5.02 Å². The summed E-state index contributed by atoms with van der Waals surface area (Å²) >= 11 is 5.77. The molecule has 1 aliphatic heterocycles. The Bertz CT molecular complexity index is 948. The van der Waals surface area contributed by atoms with Crippen LogP contribution in [0.25, 0.3) is 0 Å². The molecule has 1 N–H and O–H groups in total. The van der Waals surface area contributed by atoms with Gasteiger partial charge < -0.3 is 9.31 Å². The molecular weight excluding hydrogens is 392 g/mol. The van der Waals surface area contributed by atoms with Crippen molar-refractivity contribution in [3.05, 3.63) is 53.3 Å². The molecule has 3 rings (SSSR count). The van der Waals surface area contributed by atoms with Crippen molar-refractivity contribution in [2.45, 2.75) is 43.8 Å². The molecule has 2 aromatic carbocycles. The summed E-state index contributed by atoms with van der Waals surface area (Å²) in [5.74, 6) is -0.722. The van der Waals surface area contributed by atoms with E-state index in [0.29, 0.717) is 10.5 Å². The molecule has 27 heavy (non-hydrogen) atoms. The zero-order chi connectivity index (χ0) is 20.0. The molecule has 5 nitrogen and oxygen atoms in total. The molecule has 2 aromatic rings. The first-order valence-corrected chi connectivity index (χ1v) is 10.2. The quantitative estimate of drug-likeness (QED) is 0.781. The van der Waals surface area contributed by atoms with Crippen LogP contribution in [0.3, 0.4) is 0 Å². The molecule has 0 aromatic heterocycles. The molecule has 0 spiro atoms. The molecule has 144 valence electrons. The van der Waals surface area contributed by atoms with Gasteiger partial charge in [-0.15, -0.1) is 0 Å². The zero-order valence-corrected chi connectivity index (χ0v) is 17.0. The fourth-order valence-electron chi connectivity index (χ4n) is 2.56. The second-order valence-electron chi connectivity index (χ2n) is 7.39. The van der Waals surface area contributed by atoms with Gasteiger partial charge >= 0.3 is 7.12 Å². The van der Waals surface area contributed by atoms with E-state index in [2.05, 4.69) is 4.72 Å². The van der Waals surface area contributed by atoms with Crippen molar-refractivity contribution in [1.29, 1.82) is 0 Å². The summed E-state index contributed by atoms with van der Waals surface area (Å²) < 4.78 is 53.4. The highest BCUT2D eigenvalue weighted by molar-refractivity contribution is 7.92. The summed E-state index contributed by atoms with van der Waals surface area (Å²) in [4.78, 5) is -0.0127. The molecule has 0 saturated carbocycles. The van der Waals surface area contributed by atoms with Crippen LogP contribution in [0.1, 0.15) is 27.7 Å².